The molecule has 0 aliphatic carbocycles. The number of benzene rings is 2. The number of hydrogen-bond donors (Lipinski definition) is 0. The fourth-order valence-electron chi connectivity index (χ4n) is 4.54. The summed E-state index contributed by atoms with van der Waals surface area (Å²) in [5, 5.41) is 0. The highest BCUT2D eigenvalue weighted by Gasteiger charge is 2.17. The van der Waals surface area contributed by atoms with Crippen LogP contribution in [0.5, 0.6) is 0 Å². The van der Waals surface area contributed by atoms with Crippen molar-refractivity contribution >= 4 is 29.2 Å². The van der Waals surface area contributed by atoms with Crippen molar-refractivity contribution in [3.8, 4) is 0 Å². The summed E-state index contributed by atoms with van der Waals surface area (Å²) in [6.45, 7) is 3.91. The van der Waals surface area contributed by atoms with E-state index in [0.29, 0.717) is 6.71 Å². The Bertz CT molecular complexity index is 784. The van der Waals surface area contributed by atoms with Gasteiger partial charge in [-0.3, -0.25) is 0 Å². The van der Waals surface area contributed by atoms with E-state index < -0.39 is 0 Å². The van der Waals surface area contributed by atoms with Gasteiger partial charge in [0.05, 0.1) is 6.33 Å². The zero-order valence-electron chi connectivity index (χ0n) is 22.0. The lowest BCUT2D eigenvalue weighted by Crippen LogP contribution is -2.41. The van der Waals surface area contributed by atoms with E-state index in [-0.39, 0.29) is 0 Å². The summed E-state index contributed by atoms with van der Waals surface area (Å²) < 4.78 is 2.17. The quantitative estimate of drug-likeness (QED) is 0.106. The van der Waals surface area contributed by atoms with E-state index in [2.05, 4.69) is 77.1 Å². The second kappa shape index (κ2) is 20.2. The van der Waals surface area contributed by atoms with Crippen molar-refractivity contribution < 1.29 is 0 Å². The summed E-state index contributed by atoms with van der Waals surface area (Å²) in [5.41, 5.74) is 2.80. The fraction of sp³-hybridized carbons (Fsp3) is 0.516. The monoisotopic (exact) mass is 492 g/mol. The van der Waals surface area contributed by atoms with Crippen molar-refractivity contribution in [3.63, 3.8) is 0 Å². The Hall–Kier alpha value is -2.00. The Morgan fingerprint density at radius 1 is 0.686 bits per heavy atom. The highest BCUT2D eigenvalue weighted by molar-refractivity contribution is 6.85. The number of aryl methyl sites for hydroxylation is 1. The summed E-state index contributed by atoms with van der Waals surface area (Å²) in [6.07, 6.45) is 23.3. The van der Waals surface area contributed by atoms with Gasteiger partial charge in [-0.1, -0.05) is 149 Å². The average molecular weight is 493 g/mol. The Balaban J connectivity index is 0.000000247. The van der Waals surface area contributed by atoms with Crippen LogP contribution in [-0.4, -0.2) is 22.1 Å². The molecule has 0 N–H and O–H groups in total. The van der Waals surface area contributed by atoms with Gasteiger partial charge < -0.3 is 4.57 Å². The van der Waals surface area contributed by atoms with Gasteiger partial charge in [0.1, 0.15) is 0 Å². The van der Waals surface area contributed by atoms with Crippen LogP contribution in [0.4, 0.5) is 0 Å². The summed E-state index contributed by atoms with van der Waals surface area (Å²) >= 11 is 5.78. The van der Waals surface area contributed by atoms with Crippen LogP contribution >= 0.6 is 11.6 Å². The molecule has 0 aliphatic heterocycles. The number of rotatable bonds is 17. The minimum absolute atomic E-state index is 0.496. The topological polar surface area (TPSA) is 17.8 Å². The van der Waals surface area contributed by atoms with Crippen molar-refractivity contribution in [2.75, 3.05) is 5.88 Å². The molecule has 2 aromatic carbocycles. The molecule has 0 fully saturated rings. The van der Waals surface area contributed by atoms with Gasteiger partial charge in [-0.15, -0.1) is 11.6 Å². The van der Waals surface area contributed by atoms with Crippen molar-refractivity contribution in [2.24, 2.45) is 0 Å². The first-order valence-electron chi connectivity index (χ1n) is 14.0. The molecule has 0 bridgehead atoms. The molecule has 0 atom stereocenters. The molecule has 0 saturated heterocycles. The van der Waals surface area contributed by atoms with Crippen LogP contribution in [0.25, 0.3) is 0 Å². The van der Waals surface area contributed by atoms with E-state index >= 15 is 0 Å². The summed E-state index contributed by atoms with van der Waals surface area (Å²) in [5.74, 6) is 0.760. The molecule has 3 rings (SSSR count). The van der Waals surface area contributed by atoms with Gasteiger partial charge in [-0.25, -0.2) is 4.98 Å². The molecular formula is C31H46BClN2. The second-order valence-electron chi connectivity index (χ2n) is 9.54. The molecule has 4 heteroatoms. The minimum atomic E-state index is 0.496. The largest absolute Gasteiger partial charge is 0.337 e. The van der Waals surface area contributed by atoms with E-state index in [0.717, 1.165) is 18.8 Å². The number of hydrogen-bond acceptors (Lipinski definition) is 1. The van der Waals surface area contributed by atoms with Crippen LogP contribution in [0.15, 0.2) is 79.4 Å². The fourth-order valence-corrected chi connectivity index (χ4v) is 4.73. The second-order valence-corrected chi connectivity index (χ2v) is 9.92. The first-order valence-corrected chi connectivity index (χ1v) is 14.5. The maximum atomic E-state index is 5.78. The maximum absolute atomic E-state index is 5.78. The van der Waals surface area contributed by atoms with Crippen molar-refractivity contribution in [1.82, 2.24) is 9.55 Å². The molecule has 0 unspecified atom stereocenters. The molecule has 35 heavy (non-hydrogen) atoms. The molecule has 2 nitrogen and oxygen atoms in total. The number of aromatic nitrogens is 2. The highest BCUT2D eigenvalue weighted by Crippen LogP contribution is 2.11. The summed E-state index contributed by atoms with van der Waals surface area (Å²) in [7, 11) is 0. The van der Waals surface area contributed by atoms with Crippen LogP contribution in [-0.2, 0) is 6.54 Å². The van der Waals surface area contributed by atoms with Crippen molar-refractivity contribution in [3.05, 3.63) is 79.4 Å². The van der Waals surface area contributed by atoms with Gasteiger partial charge >= 0.3 is 0 Å². The first-order chi connectivity index (χ1) is 17.3. The molecule has 0 saturated carbocycles. The SMILES string of the molecule is CCCCCCCCCCCCn1ccnc1.ClCCCCB(c1ccccc1)c1ccccc1. The van der Waals surface area contributed by atoms with Crippen LogP contribution < -0.4 is 10.9 Å². The molecule has 1 heterocycles. The van der Waals surface area contributed by atoms with Crippen LogP contribution in [0, 0.1) is 0 Å². The smallest absolute Gasteiger partial charge is 0.209 e. The number of halogens is 1. The average Bonchev–Trinajstić information content (AvgIpc) is 3.43. The molecule has 0 radical (unpaired) electrons. The van der Waals surface area contributed by atoms with Crippen LogP contribution in [0.2, 0.25) is 6.32 Å². The molecule has 3 aromatic rings. The summed E-state index contributed by atoms with van der Waals surface area (Å²) in [4.78, 5) is 4.05. The van der Waals surface area contributed by atoms with Gasteiger partial charge in [0.15, 0.2) is 0 Å². The number of alkyl halides is 1. The van der Waals surface area contributed by atoms with E-state index in [1.807, 2.05) is 18.7 Å². The molecule has 0 aliphatic rings. The third-order valence-electron chi connectivity index (χ3n) is 6.61. The Labute approximate surface area is 220 Å². The van der Waals surface area contributed by atoms with Gasteiger partial charge in [-0.2, -0.15) is 0 Å². The molecule has 0 amide bonds. The maximum Gasteiger partial charge on any atom is 0.209 e. The summed E-state index contributed by atoms with van der Waals surface area (Å²) in [6, 6.07) is 21.5. The van der Waals surface area contributed by atoms with E-state index in [9.17, 15) is 0 Å². The Morgan fingerprint density at radius 2 is 1.23 bits per heavy atom. The van der Waals surface area contributed by atoms with Crippen LogP contribution in [0.3, 0.4) is 0 Å². The van der Waals surface area contributed by atoms with E-state index in [1.165, 1.54) is 87.9 Å². The van der Waals surface area contributed by atoms with Gasteiger partial charge in [0.25, 0.3) is 0 Å². The Morgan fingerprint density at radius 3 is 1.71 bits per heavy atom. The predicted molar refractivity (Wildman–Crippen MR) is 157 cm³/mol. The third kappa shape index (κ3) is 13.6. The lowest BCUT2D eigenvalue weighted by molar-refractivity contribution is 0.534. The van der Waals surface area contributed by atoms with Crippen molar-refractivity contribution in [1.29, 1.82) is 0 Å². The van der Waals surface area contributed by atoms with Crippen LogP contribution in [0.1, 0.15) is 84.0 Å². The van der Waals surface area contributed by atoms with Gasteiger partial charge in [0.2, 0.25) is 6.71 Å². The van der Waals surface area contributed by atoms with Gasteiger partial charge in [0, 0.05) is 24.8 Å². The minimum Gasteiger partial charge on any atom is -0.337 e. The normalized spacial score (nSPS) is 10.6. The number of nitrogens with zero attached hydrogens (tertiary/aromatic N) is 2. The van der Waals surface area contributed by atoms with E-state index in [1.54, 1.807) is 0 Å². The standard InChI is InChI=1S/C16H18BCl.C15H28N2/c18-14-8-7-13-17(15-9-3-1-4-10-15)16-11-5-2-6-12-16;1-2-3-4-5-6-7-8-9-10-11-13-17-14-12-16-15-17/h1-6,9-12H,7-8,13-14H2;12,14-15H,2-11,13H2,1H3. The lowest BCUT2D eigenvalue weighted by Gasteiger charge is -2.14. The number of unbranched alkanes of at least 4 members (excludes halogenated alkanes) is 10. The Kier molecular flexibility index (Phi) is 16.9. The molecule has 1 aromatic heterocycles. The first kappa shape index (κ1) is 29.2. The van der Waals surface area contributed by atoms with E-state index in [4.69, 9.17) is 11.6 Å². The number of imidazole rings is 1. The van der Waals surface area contributed by atoms with Gasteiger partial charge in [-0.05, 0) is 12.8 Å². The molecular weight excluding hydrogens is 447 g/mol. The molecule has 190 valence electrons. The lowest BCUT2D eigenvalue weighted by atomic mass is 9.38. The third-order valence-corrected chi connectivity index (χ3v) is 6.88. The zero-order chi connectivity index (χ0) is 24.8. The highest BCUT2D eigenvalue weighted by atomic mass is 35.5. The predicted octanol–water partition coefficient (Wildman–Crippen LogP) is 8.12. The zero-order valence-corrected chi connectivity index (χ0v) is 22.7. The molecule has 0 spiro atoms. The van der Waals surface area contributed by atoms with Crippen molar-refractivity contribution in [2.45, 2.75) is 96.8 Å².